The van der Waals surface area contributed by atoms with Crippen LogP contribution in [0.4, 0.5) is 13.2 Å². The fourth-order valence-corrected chi connectivity index (χ4v) is 4.59. The molecule has 36 heavy (non-hydrogen) atoms. The van der Waals surface area contributed by atoms with Crippen molar-refractivity contribution in [3.8, 4) is 22.6 Å². The quantitative estimate of drug-likeness (QED) is 0.275. The predicted octanol–water partition coefficient (Wildman–Crippen LogP) is 5.55. The molecule has 0 aromatic heterocycles. The Balaban J connectivity index is 2.39. The van der Waals surface area contributed by atoms with Crippen LogP contribution in [-0.4, -0.2) is 39.2 Å². The zero-order chi connectivity index (χ0) is 27.1. The maximum absolute atomic E-state index is 13.3. The zero-order valence-electron chi connectivity index (χ0n) is 20.9. The molecule has 198 valence electrons. The third-order valence-corrected chi connectivity index (χ3v) is 6.68. The molecule has 2 aromatic carbocycles. The van der Waals surface area contributed by atoms with Crippen molar-refractivity contribution in [2.24, 2.45) is 0 Å². The van der Waals surface area contributed by atoms with Gasteiger partial charge in [-0.25, -0.2) is 4.79 Å². The number of methoxy groups -OCH3 is 1. The van der Waals surface area contributed by atoms with E-state index in [0.29, 0.717) is 35.5 Å². The molecular weight excluding hydrogens is 501 g/mol. The van der Waals surface area contributed by atoms with Gasteiger partial charge in [0.15, 0.2) is 11.9 Å². The maximum Gasteiger partial charge on any atom is 0.534 e. The molecule has 0 saturated heterocycles. The van der Waals surface area contributed by atoms with Crippen molar-refractivity contribution in [3.05, 3.63) is 46.5 Å². The third kappa shape index (κ3) is 5.62. The molecule has 0 saturated carbocycles. The number of rotatable bonds is 6. The Hall–Kier alpha value is -2.79. The Bertz CT molecular complexity index is 1260. The monoisotopic (exact) mass is 530 g/mol. The first-order valence-electron chi connectivity index (χ1n) is 11.2. The number of aryl methyl sites for hydroxylation is 1. The molecule has 3 rings (SSSR count). The number of carbonyl (C=O) groups is 1. The Morgan fingerprint density at radius 2 is 1.75 bits per heavy atom. The highest BCUT2D eigenvalue weighted by molar-refractivity contribution is 7.88. The summed E-state index contributed by atoms with van der Waals surface area (Å²) in [4.78, 5) is 12.9. The van der Waals surface area contributed by atoms with E-state index >= 15 is 0 Å². The second-order valence-corrected chi connectivity index (χ2v) is 11.0. The lowest BCUT2D eigenvalue weighted by atomic mass is 9.86. The summed E-state index contributed by atoms with van der Waals surface area (Å²) in [6.45, 7) is 9.04. The molecule has 0 N–H and O–H groups in total. The molecule has 7 nitrogen and oxygen atoms in total. The number of carbonyl (C=O) groups excluding carboxylic acids is 1. The number of esters is 1. The summed E-state index contributed by atoms with van der Waals surface area (Å²) in [6.07, 6.45) is 0.0159. The lowest BCUT2D eigenvalue weighted by Crippen LogP contribution is -2.30. The van der Waals surface area contributed by atoms with Gasteiger partial charge in [-0.3, -0.25) is 0 Å². The van der Waals surface area contributed by atoms with Gasteiger partial charge in [-0.1, -0.05) is 12.1 Å². The number of ether oxygens (including phenoxy) is 3. The molecule has 0 radical (unpaired) electrons. The molecule has 0 spiro atoms. The van der Waals surface area contributed by atoms with Crippen LogP contribution in [0, 0.1) is 13.8 Å². The number of hydrogen-bond acceptors (Lipinski definition) is 7. The minimum atomic E-state index is -6.01. The topological polar surface area (TPSA) is 88.1 Å². The van der Waals surface area contributed by atoms with Gasteiger partial charge in [-0.15, -0.1) is 0 Å². The van der Waals surface area contributed by atoms with Gasteiger partial charge in [-0.05, 0) is 81.8 Å². The van der Waals surface area contributed by atoms with E-state index in [-0.39, 0.29) is 11.1 Å². The number of alkyl halides is 3. The van der Waals surface area contributed by atoms with E-state index in [0.717, 1.165) is 25.2 Å². The first-order valence-corrected chi connectivity index (χ1v) is 12.6. The molecule has 11 heteroatoms. The maximum atomic E-state index is 13.3. The Kier molecular flexibility index (Phi) is 7.67. The molecule has 1 aliphatic rings. The fourth-order valence-electron chi connectivity index (χ4n) is 4.12. The van der Waals surface area contributed by atoms with Crippen LogP contribution in [0.3, 0.4) is 0 Å². The van der Waals surface area contributed by atoms with Crippen molar-refractivity contribution in [1.29, 1.82) is 0 Å². The van der Waals surface area contributed by atoms with Crippen molar-refractivity contribution in [1.82, 2.24) is 0 Å². The van der Waals surface area contributed by atoms with Gasteiger partial charge in [0.1, 0.15) is 5.75 Å². The molecule has 1 heterocycles. The molecule has 1 unspecified atom stereocenters. The Morgan fingerprint density at radius 3 is 2.33 bits per heavy atom. The van der Waals surface area contributed by atoms with Crippen LogP contribution in [0.2, 0.25) is 0 Å². The van der Waals surface area contributed by atoms with E-state index in [1.54, 1.807) is 46.8 Å². The average molecular weight is 531 g/mol. The van der Waals surface area contributed by atoms with Gasteiger partial charge >= 0.3 is 21.6 Å². The minimum absolute atomic E-state index is 0.00616. The highest BCUT2D eigenvalue weighted by Gasteiger charge is 2.49. The lowest BCUT2D eigenvalue weighted by Gasteiger charge is -2.30. The van der Waals surface area contributed by atoms with E-state index in [4.69, 9.17) is 14.2 Å². The Morgan fingerprint density at radius 1 is 1.08 bits per heavy atom. The van der Waals surface area contributed by atoms with Crippen LogP contribution in [0.5, 0.6) is 11.5 Å². The van der Waals surface area contributed by atoms with E-state index < -0.39 is 39.1 Å². The van der Waals surface area contributed by atoms with Crippen LogP contribution in [0.25, 0.3) is 11.1 Å². The van der Waals surface area contributed by atoms with Gasteiger partial charge in [0.05, 0.1) is 19.3 Å². The largest absolute Gasteiger partial charge is 0.534 e. The summed E-state index contributed by atoms with van der Waals surface area (Å²) in [5, 5.41) is 0. The van der Waals surface area contributed by atoms with Gasteiger partial charge in [0.2, 0.25) is 0 Å². The molecule has 2 aromatic rings. The van der Waals surface area contributed by atoms with Crippen LogP contribution < -0.4 is 8.92 Å². The first kappa shape index (κ1) is 27.8. The number of hydrogen-bond donors (Lipinski definition) is 0. The van der Waals surface area contributed by atoms with Crippen LogP contribution in [0.15, 0.2) is 24.3 Å². The smallest absolute Gasteiger partial charge is 0.493 e. The van der Waals surface area contributed by atoms with Gasteiger partial charge in [0.25, 0.3) is 0 Å². The van der Waals surface area contributed by atoms with E-state index in [1.165, 1.54) is 6.07 Å². The number of halogens is 3. The van der Waals surface area contributed by atoms with Gasteiger partial charge < -0.3 is 18.4 Å². The van der Waals surface area contributed by atoms with Crippen LogP contribution in [0.1, 0.15) is 55.5 Å². The summed E-state index contributed by atoms with van der Waals surface area (Å²) in [5.41, 5.74) is -4.03. The second-order valence-electron chi connectivity index (χ2n) is 9.45. The molecule has 1 aliphatic heterocycles. The van der Waals surface area contributed by atoms with E-state index in [9.17, 15) is 26.4 Å². The molecule has 0 aliphatic carbocycles. The standard InChI is InChI=1S/C25H29F3O7S/c1-14-9-11-19(35-36(30,31)25(26,27)28)21(20(14)22(23(29)32-6)34-24(3,4)5)17-10-12-18-16(15(17)2)8-7-13-33-18/h9-12,22H,7-8,13H2,1-6H3. The van der Waals surface area contributed by atoms with Crippen molar-refractivity contribution < 1.29 is 44.8 Å². The summed E-state index contributed by atoms with van der Waals surface area (Å²) < 4.78 is 85.2. The predicted molar refractivity (Wildman–Crippen MR) is 126 cm³/mol. The van der Waals surface area contributed by atoms with Gasteiger partial charge in [0, 0.05) is 11.1 Å². The SMILES string of the molecule is COC(=O)C(OC(C)(C)C)c1c(C)ccc(OS(=O)(=O)C(F)(F)F)c1-c1ccc2c(c1C)CCCO2. The highest BCUT2D eigenvalue weighted by atomic mass is 32.2. The third-order valence-electron chi connectivity index (χ3n) is 5.71. The normalized spacial score (nSPS) is 15.0. The average Bonchev–Trinajstić information content (AvgIpc) is 2.77. The van der Waals surface area contributed by atoms with E-state index in [2.05, 4.69) is 4.18 Å². The Labute approximate surface area is 208 Å². The molecule has 0 fully saturated rings. The zero-order valence-corrected chi connectivity index (χ0v) is 21.7. The molecule has 0 amide bonds. The van der Waals surface area contributed by atoms with Crippen LogP contribution >= 0.6 is 0 Å². The van der Waals surface area contributed by atoms with Crippen molar-refractivity contribution >= 4 is 16.1 Å². The molecular formula is C25H29F3O7S. The summed E-state index contributed by atoms with van der Waals surface area (Å²) in [5.74, 6) is -0.749. The summed E-state index contributed by atoms with van der Waals surface area (Å²) in [7, 11) is -4.85. The van der Waals surface area contributed by atoms with Crippen molar-refractivity contribution in [2.75, 3.05) is 13.7 Å². The number of benzene rings is 2. The van der Waals surface area contributed by atoms with Crippen molar-refractivity contribution in [3.63, 3.8) is 0 Å². The minimum Gasteiger partial charge on any atom is -0.493 e. The highest BCUT2D eigenvalue weighted by Crippen LogP contribution is 2.46. The summed E-state index contributed by atoms with van der Waals surface area (Å²) in [6, 6.07) is 5.79. The van der Waals surface area contributed by atoms with Crippen LogP contribution in [-0.2, 0) is 30.8 Å². The number of fused-ring (bicyclic) bond motifs is 1. The first-order chi connectivity index (χ1) is 16.6. The fraction of sp³-hybridized carbons (Fsp3) is 0.480. The van der Waals surface area contributed by atoms with Gasteiger partial charge in [-0.2, -0.15) is 21.6 Å². The molecule has 0 bridgehead atoms. The molecule has 1 atom stereocenters. The second kappa shape index (κ2) is 9.93. The van der Waals surface area contributed by atoms with E-state index in [1.807, 2.05) is 0 Å². The summed E-state index contributed by atoms with van der Waals surface area (Å²) >= 11 is 0. The lowest BCUT2D eigenvalue weighted by molar-refractivity contribution is -0.164. The van der Waals surface area contributed by atoms with Crippen molar-refractivity contribution in [2.45, 2.75) is 64.7 Å².